The molecule has 0 aliphatic carbocycles. The van der Waals surface area contributed by atoms with Gasteiger partial charge in [0.2, 0.25) is 0 Å². The Morgan fingerprint density at radius 2 is 1.95 bits per heavy atom. The van der Waals surface area contributed by atoms with Gasteiger partial charge in [0.05, 0.1) is 0 Å². The van der Waals surface area contributed by atoms with E-state index in [9.17, 15) is 4.39 Å². The molecule has 1 atom stereocenters. The van der Waals surface area contributed by atoms with Crippen LogP contribution in [0.25, 0.3) is 0 Å². The van der Waals surface area contributed by atoms with Crippen LogP contribution in [-0.2, 0) is 6.61 Å². The van der Waals surface area contributed by atoms with Gasteiger partial charge in [-0.3, -0.25) is 0 Å². The lowest BCUT2D eigenvalue weighted by Crippen LogP contribution is -2.15. The number of nitrogens with two attached hydrogens (primary N) is 1. The summed E-state index contributed by atoms with van der Waals surface area (Å²) in [5, 5.41) is 0. The smallest absolute Gasteiger partial charge is 0.124 e. The van der Waals surface area contributed by atoms with Gasteiger partial charge in [-0.05, 0) is 24.6 Å². The van der Waals surface area contributed by atoms with E-state index in [0.717, 1.165) is 5.56 Å². The Balaban J connectivity index is 2.22. The van der Waals surface area contributed by atoms with E-state index in [1.165, 1.54) is 12.1 Å². The molecule has 0 spiro atoms. The van der Waals surface area contributed by atoms with Crippen LogP contribution < -0.4 is 15.9 Å². The molecule has 0 saturated heterocycles. The second-order valence-corrected chi connectivity index (χ2v) is 4.47. The monoisotopic (exact) mass is 255 g/mol. The molecule has 2 N–H and O–H groups in total. The van der Waals surface area contributed by atoms with Gasteiger partial charge in [-0.2, -0.15) is 0 Å². The lowest BCUT2D eigenvalue weighted by Gasteiger charge is -2.15. The summed E-state index contributed by atoms with van der Waals surface area (Å²) in [7, 11) is 5.56. The highest BCUT2D eigenvalue weighted by atomic mass is 19.1. The first kappa shape index (κ1) is 13.6. The summed E-state index contributed by atoms with van der Waals surface area (Å²) in [4.78, 5) is 0. The van der Waals surface area contributed by atoms with Crippen LogP contribution in [0.5, 0.6) is 5.75 Å². The molecular weight excluding hydrogens is 240 g/mol. The Morgan fingerprint density at radius 1 is 1.26 bits per heavy atom. The van der Waals surface area contributed by atoms with E-state index >= 15 is 0 Å². The number of halogens is 1. The van der Waals surface area contributed by atoms with Crippen LogP contribution in [-0.4, -0.2) is 7.85 Å². The maximum Gasteiger partial charge on any atom is 0.124 e. The minimum absolute atomic E-state index is 0.0625. The van der Waals surface area contributed by atoms with Crippen molar-refractivity contribution >= 4 is 13.3 Å². The summed E-state index contributed by atoms with van der Waals surface area (Å²) < 4.78 is 19.1. The predicted octanol–water partition coefficient (Wildman–Crippen LogP) is 2.22. The summed E-state index contributed by atoms with van der Waals surface area (Å²) in [6, 6.07) is 12.2. The molecule has 4 heteroatoms. The van der Waals surface area contributed by atoms with Crippen LogP contribution in [0.3, 0.4) is 0 Å². The SMILES string of the molecule is [B]c1cc(OCc2ccccc2)c(C(C)N)cc1F. The maximum absolute atomic E-state index is 13.4. The van der Waals surface area contributed by atoms with E-state index in [-0.39, 0.29) is 11.5 Å². The van der Waals surface area contributed by atoms with Crippen LogP contribution in [0.2, 0.25) is 0 Å². The molecule has 2 rings (SSSR count). The number of rotatable bonds is 4. The second kappa shape index (κ2) is 5.89. The summed E-state index contributed by atoms with van der Waals surface area (Å²) in [6.45, 7) is 2.17. The van der Waals surface area contributed by atoms with Gasteiger partial charge in [0.15, 0.2) is 0 Å². The number of benzene rings is 2. The fourth-order valence-electron chi connectivity index (χ4n) is 1.80. The maximum atomic E-state index is 13.4. The van der Waals surface area contributed by atoms with Gasteiger partial charge in [-0.1, -0.05) is 35.8 Å². The summed E-state index contributed by atoms with van der Waals surface area (Å²) in [6.07, 6.45) is 0. The highest BCUT2D eigenvalue weighted by Gasteiger charge is 2.12. The van der Waals surface area contributed by atoms with Crippen LogP contribution in [0.1, 0.15) is 24.1 Å². The standard InChI is InChI=1S/C15H15BFNO/c1-10(18)12-7-14(17)13(16)8-15(12)19-9-11-5-3-2-4-6-11/h2-8,10H,9,18H2,1H3. The summed E-state index contributed by atoms with van der Waals surface area (Å²) in [5.74, 6) is 0.0529. The summed E-state index contributed by atoms with van der Waals surface area (Å²) >= 11 is 0. The van der Waals surface area contributed by atoms with Crippen molar-refractivity contribution in [3.8, 4) is 5.75 Å². The van der Waals surface area contributed by atoms with Crippen molar-refractivity contribution in [2.24, 2.45) is 5.73 Å². The molecule has 2 aromatic carbocycles. The van der Waals surface area contributed by atoms with Crippen LogP contribution >= 0.6 is 0 Å². The molecule has 0 aliphatic heterocycles. The van der Waals surface area contributed by atoms with Crippen molar-refractivity contribution < 1.29 is 9.13 Å². The molecule has 0 aliphatic rings. The van der Waals surface area contributed by atoms with Crippen LogP contribution in [0.4, 0.5) is 4.39 Å². The average Bonchev–Trinajstić information content (AvgIpc) is 2.40. The normalized spacial score (nSPS) is 12.2. The first-order valence-corrected chi connectivity index (χ1v) is 6.09. The lowest BCUT2D eigenvalue weighted by molar-refractivity contribution is 0.301. The lowest BCUT2D eigenvalue weighted by atomic mass is 9.92. The Labute approximate surface area is 113 Å². The topological polar surface area (TPSA) is 35.2 Å². The minimum atomic E-state index is -0.473. The first-order valence-electron chi connectivity index (χ1n) is 6.09. The highest BCUT2D eigenvalue weighted by molar-refractivity contribution is 6.32. The van der Waals surface area contributed by atoms with Crippen molar-refractivity contribution in [2.75, 3.05) is 0 Å². The zero-order valence-corrected chi connectivity index (χ0v) is 10.8. The van der Waals surface area contributed by atoms with Crippen molar-refractivity contribution in [3.05, 3.63) is 59.4 Å². The Hall–Kier alpha value is -1.81. The molecule has 2 aromatic rings. The van der Waals surface area contributed by atoms with Crippen molar-refractivity contribution in [1.82, 2.24) is 0 Å². The number of ether oxygens (including phenoxy) is 1. The van der Waals surface area contributed by atoms with Gasteiger partial charge in [0, 0.05) is 11.6 Å². The molecule has 0 fully saturated rings. The Bertz CT molecular complexity index is 558. The minimum Gasteiger partial charge on any atom is -0.489 e. The zero-order chi connectivity index (χ0) is 13.8. The van der Waals surface area contributed by atoms with Crippen LogP contribution in [0.15, 0.2) is 42.5 Å². The molecule has 19 heavy (non-hydrogen) atoms. The fourth-order valence-corrected chi connectivity index (χ4v) is 1.80. The van der Waals surface area contributed by atoms with Gasteiger partial charge >= 0.3 is 0 Å². The Kier molecular flexibility index (Phi) is 4.22. The molecule has 0 saturated carbocycles. The second-order valence-electron chi connectivity index (χ2n) is 4.47. The molecule has 2 nitrogen and oxygen atoms in total. The van der Waals surface area contributed by atoms with Gasteiger partial charge in [0.1, 0.15) is 26.0 Å². The quantitative estimate of drug-likeness (QED) is 0.850. The molecule has 2 radical (unpaired) electrons. The van der Waals surface area contributed by atoms with E-state index in [1.54, 1.807) is 6.92 Å². The van der Waals surface area contributed by atoms with Gasteiger partial charge in [-0.25, -0.2) is 4.39 Å². The fraction of sp³-hybridized carbons (Fsp3) is 0.200. The van der Waals surface area contributed by atoms with Crippen molar-refractivity contribution in [1.29, 1.82) is 0 Å². The summed E-state index contributed by atoms with van der Waals surface area (Å²) in [5.41, 5.74) is 7.52. The third-order valence-electron chi connectivity index (χ3n) is 2.86. The molecule has 96 valence electrons. The van der Waals surface area contributed by atoms with Crippen molar-refractivity contribution in [3.63, 3.8) is 0 Å². The molecule has 0 amide bonds. The van der Waals surface area contributed by atoms with E-state index in [2.05, 4.69) is 0 Å². The van der Waals surface area contributed by atoms with Gasteiger partial charge in [-0.15, -0.1) is 0 Å². The molecule has 0 aromatic heterocycles. The number of hydrogen-bond donors (Lipinski definition) is 1. The van der Waals surface area contributed by atoms with E-state index in [4.69, 9.17) is 18.3 Å². The van der Waals surface area contributed by atoms with E-state index in [0.29, 0.717) is 17.9 Å². The van der Waals surface area contributed by atoms with Crippen molar-refractivity contribution in [2.45, 2.75) is 19.6 Å². The first-order chi connectivity index (χ1) is 9.08. The van der Waals surface area contributed by atoms with Gasteiger partial charge < -0.3 is 10.5 Å². The molecule has 1 unspecified atom stereocenters. The van der Waals surface area contributed by atoms with Crippen LogP contribution in [0, 0.1) is 5.82 Å². The molecule has 0 heterocycles. The van der Waals surface area contributed by atoms with E-state index in [1.807, 2.05) is 30.3 Å². The Morgan fingerprint density at radius 3 is 2.58 bits per heavy atom. The average molecular weight is 255 g/mol. The zero-order valence-electron chi connectivity index (χ0n) is 10.8. The van der Waals surface area contributed by atoms with E-state index < -0.39 is 5.82 Å². The highest BCUT2D eigenvalue weighted by Crippen LogP contribution is 2.24. The molecular formula is C15H15BFNO. The third-order valence-corrected chi connectivity index (χ3v) is 2.86. The molecule has 0 bridgehead atoms. The predicted molar refractivity (Wildman–Crippen MR) is 75.2 cm³/mol. The largest absolute Gasteiger partial charge is 0.489 e. The van der Waals surface area contributed by atoms with Gasteiger partial charge in [0.25, 0.3) is 0 Å². The third kappa shape index (κ3) is 3.35. The number of hydrogen-bond acceptors (Lipinski definition) is 2.